The topological polar surface area (TPSA) is 95.0 Å². The number of carbonyl (C=O) groups is 2. The summed E-state index contributed by atoms with van der Waals surface area (Å²) >= 11 is 0. The van der Waals surface area contributed by atoms with Crippen LogP contribution in [0.2, 0.25) is 0 Å². The standard InChI is InChI=1S/C17H22N2O5S/c1-12-11-13(19-9-4-10-25(19,23)24)6-7-14(12)16(20)18-8-3-2-5-15(18)17(21)22/h6-7,11,15H,2-5,8-10H2,1H3,(H,21,22). The molecule has 0 bridgehead atoms. The Morgan fingerprint density at radius 1 is 1.16 bits per heavy atom. The lowest BCUT2D eigenvalue weighted by atomic mass is 9.99. The average molecular weight is 366 g/mol. The Morgan fingerprint density at radius 2 is 1.92 bits per heavy atom. The van der Waals surface area contributed by atoms with Gasteiger partial charge in [-0.05, 0) is 56.4 Å². The Morgan fingerprint density at radius 3 is 2.52 bits per heavy atom. The molecule has 0 saturated carbocycles. The molecule has 2 heterocycles. The lowest BCUT2D eigenvalue weighted by Gasteiger charge is -2.33. The third-order valence-corrected chi connectivity index (χ3v) is 6.75. The Bertz CT molecular complexity index is 805. The molecule has 8 heteroatoms. The zero-order chi connectivity index (χ0) is 18.2. The number of carbonyl (C=O) groups excluding carboxylic acids is 1. The second-order valence-corrected chi connectivity index (χ2v) is 8.60. The second-order valence-electron chi connectivity index (χ2n) is 6.59. The van der Waals surface area contributed by atoms with Gasteiger partial charge in [0.1, 0.15) is 6.04 Å². The molecule has 2 fully saturated rings. The normalized spacial score (nSPS) is 22.8. The highest BCUT2D eigenvalue weighted by atomic mass is 32.2. The van der Waals surface area contributed by atoms with Gasteiger partial charge in [-0.3, -0.25) is 9.10 Å². The third kappa shape index (κ3) is 3.35. The number of hydrogen-bond acceptors (Lipinski definition) is 4. The van der Waals surface area contributed by atoms with Crippen molar-refractivity contribution in [3.63, 3.8) is 0 Å². The van der Waals surface area contributed by atoms with E-state index >= 15 is 0 Å². The first-order valence-electron chi connectivity index (χ1n) is 8.46. The SMILES string of the molecule is Cc1cc(N2CCCS2(=O)=O)ccc1C(=O)N1CCCCC1C(=O)O. The van der Waals surface area contributed by atoms with Gasteiger partial charge in [0, 0.05) is 18.7 Å². The van der Waals surface area contributed by atoms with Crippen molar-refractivity contribution in [2.24, 2.45) is 0 Å². The number of rotatable bonds is 3. The van der Waals surface area contributed by atoms with Gasteiger partial charge in [-0.25, -0.2) is 13.2 Å². The number of sulfonamides is 1. The summed E-state index contributed by atoms with van der Waals surface area (Å²) in [7, 11) is -3.27. The molecule has 3 rings (SSSR count). The van der Waals surface area contributed by atoms with Crippen molar-refractivity contribution in [2.45, 2.75) is 38.6 Å². The molecule has 0 aromatic heterocycles. The van der Waals surface area contributed by atoms with Crippen molar-refractivity contribution >= 4 is 27.6 Å². The Kier molecular flexibility index (Phi) is 4.73. The molecule has 0 radical (unpaired) electrons. The molecule has 2 saturated heterocycles. The molecule has 2 aliphatic heterocycles. The molecule has 25 heavy (non-hydrogen) atoms. The van der Waals surface area contributed by atoms with Gasteiger partial charge in [0.2, 0.25) is 10.0 Å². The first-order chi connectivity index (χ1) is 11.8. The minimum atomic E-state index is -3.27. The quantitative estimate of drug-likeness (QED) is 0.877. The average Bonchev–Trinajstić information content (AvgIpc) is 2.93. The molecule has 1 unspecified atom stereocenters. The molecule has 1 aromatic rings. The number of likely N-dealkylation sites (tertiary alicyclic amines) is 1. The molecule has 136 valence electrons. The van der Waals surface area contributed by atoms with Gasteiger partial charge < -0.3 is 10.0 Å². The van der Waals surface area contributed by atoms with E-state index in [-0.39, 0.29) is 11.7 Å². The van der Waals surface area contributed by atoms with Crippen LogP contribution in [0.3, 0.4) is 0 Å². The van der Waals surface area contributed by atoms with Crippen molar-refractivity contribution in [1.82, 2.24) is 4.90 Å². The lowest BCUT2D eigenvalue weighted by Crippen LogP contribution is -2.48. The van der Waals surface area contributed by atoms with E-state index in [9.17, 15) is 23.1 Å². The molecular weight excluding hydrogens is 344 g/mol. The molecule has 0 aliphatic carbocycles. The van der Waals surface area contributed by atoms with Gasteiger partial charge in [-0.2, -0.15) is 0 Å². The summed E-state index contributed by atoms with van der Waals surface area (Å²) < 4.78 is 25.5. The first-order valence-corrected chi connectivity index (χ1v) is 10.1. The van der Waals surface area contributed by atoms with Crippen LogP contribution >= 0.6 is 0 Å². The highest BCUT2D eigenvalue weighted by molar-refractivity contribution is 7.93. The van der Waals surface area contributed by atoms with Crippen molar-refractivity contribution in [1.29, 1.82) is 0 Å². The number of hydrogen-bond donors (Lipinski definition) is 1. The van der Waals surface area contributed by atoms with Crippen molar-refractivity contribution in [2.75, 3.05) is 23.1 Å². The number of carboxylic acid groups (broad SMARTS) is 1. The van der Waals surface area contributed by atoms with Crippen LogP contribution in [-0.4, -0.2) is 55.2 Å². The Labute approximate surface area is 147 Å². The largest absolute Gasteiger partial charge is 0.480 e. The zero-order valence-electron chi connectivity index (χ0n) is 14.1. The van der Waals surface area contributed by atoms with E-state index in [0.717, 1.165) is 12.8 Å². The second kappa shape index (κ2) is 6.67. The maximum atomic E-state index is 12.8. The zero-order valence-corrected chi connectivity index (χ0v) is 15.0. The molecule has 1 atom stereocenters. The summed E-state index contributed by atoms with van der Waals surface area (Å²) in [5.74, 6) is -1.15. The van der Waals surface area contributed by atoms with Gasteiger partial charge in [0.25, 0.3) is 5.91 Å². The van der Waals surface area contributed by atoms with Crippen LogP contribution in [-0.2, 0) is 14.8 Å². The minimum absolute atomic E-state index is 0.140. The highest BCUT2D eigenvalue weighted by Gasteiger charge is 2.33. The lowest BCUT2D eigenvalue weighted by molar-refractivity contribution is -0.143. The fourth-order valence-electron chi connectivity index (χ4n) is 3.56. The van der Waals surface area contributed by atoms with Crippen LogP contribution in [0.15, 0.2) is 18.2 Å². The third-order valence-electron chi connectivity index (χ3n) is 4.88. The number of aryl methyl sites for hydroxylation is 1. The fourth-order valence-corrected chi connectivity index (χ4v) is 5.11. The van der Waals surface area contributed by atoms with Crippen LogP contribution in [0.4, 0.5) is 5.69 Å². The van der Waals surface area contributed by atoms with Gasteiger partial charge in [-0.1, -0.05) is 0 Å². The van der Waals surface area contributed by atoms with E-state index in [4.69, 9.17) is 0 Å². The van der Waals surface area contributed by atoms with E-state index in [1.165, 1.54) is 9.21 Å². The van der Waals surface area contributed by atoms with Gasteiger partial charge in [-0.15, -0.1) is 0 Å². The van der Waals surface area contributed by atoms with Crippen LogP contribution in [0, 0.1) is 6.92 Å². The summed E-state index contributed by atoms with van der Waals surface area (Å²) in [5.41, 5.74) is 1.63. The summed E-state index contributed by atoms with van der Waals surface area (Å²) in [5, 5.41) is 9.35. The molecule has 0 spiro atoms. The highest BCUT2D eigenvalue weighted by Crippen LogP contribution is 2.28. The number of nitrogens with zero attached hydrogens (tertiary/aromatic N) is 2. The maximum absolute atomic E-state index is 12.8. The molecule has 1 amide bonds. The van der Waals surface area contributed by atoms with E-state index in [0.29, 0.717) is 42.7 Å². The number of benzene rings is 1. The molecule has 1 N–H and O–H groups in total. The predicted molar refractivity (Wildman–Crippen MR) is 93.2 cm³/mol. The van der Waals surface area contributed by atoms with Crippen LogP contribution < -0.4 is 4.31 Å². The van der Waals surface area contributed by atoms with E-state index in [1.807, 2.05) is 0 Å². The molecular formula is C17H22N2O5S. The van der Waals surface area contributed by atoms with E-state index < -0.39 is 22.0 Å². The maximum Gasteiger partial charge on any atom is 0.326 e. The van der Waals surface area contributed by atoms with Gasteiger partial charge in [0.05, 0.1) is 11.4 Å². The van der Waals surface area contributed by atoms with Crippen molar-refractivity contribution in [3.05, 3.63) is 29.3 Å². The summed E-state index contributed by atoms with van der Waals surface area (Å²) in [4.78, 5) is 25.7. The Balaban J connectivity index is 1.88. The van der Waals surface area contributed by atoms with E-state index in [1.54, 1.807) is 25.1 Å². The monoisotopic (exact) mass is 366 g/mol. The smallest absolute Gasteiger partial charge is 0.326 e. The molecule has 2 aliphatic rings. The molecule has 1 aromatic carbocycles. The van der Waals surface area contributed by atoms with Crippen LogP contribution in [0.5, 0.6) is 0 Å². The van der Waals surface area contributed by atoms with Gasteiger partial charge >= 0.3 is 5.97 Å². The van der Waals surface area contributed by atoms with Gasteiger partial charge in [0.15, 0.2) is 0 Å². The Hall–Kier alpha value is -2.09. The number of amides is 1. The van der Waals surface area contributed by atoms with Crippen molar-refractivity contribution in [3.8, 4) is 0 Å². The fraction of sp³-hybridized carbons (Fsp3) is 0.529. The number of anilines is 1. The number of piperidine rings is 1. The summed E-state index contributed by atoms with van der Waals surface area (Å²) in [6, 6.07) is 4.13. The molecule has 7 nitrogen and oxygen atoms in total. The van der Waals surface area contributed by atoms with Crippen LogP contribution in [0.25, 0.3) is 0 Å². The number of aliphatic carboxylic acids is 1. The van der Waals surface area contributed by atoms with E-state index in [2.05, 4.69) is 0 Å². The first kappa shape index (κ1) is 17.7. The minimum Gasteiger partial charge on any atom is -0.480 e. The summed E-state index contributed by atoms with van der Waals surface area (Å²) in [6.07, 6.45) is 2.64. The number of carboxylic acids is 1. The summed E-state index contributed by atoms with van der Waals surface area (Å²) in [6.45, 7) is 2.62. The van der Waals surface area contributed by atoms with Crippen LogP contribution in [0.1, 0.15) is 41.6 Å². The predicted octanol–water partition coefficient (Wildman–Crippen LogP) is 1.61. The van der Waals surface area contributed by atoms with Crippen molar-refractivity contribution < 1.29 is 23.1 Å².